The molecule has 0 aromatic carbocycles. The standard InChI is InChI=1S/C13H20N2O2/c1-10(11-4-6-14-7-5-11)15-12-8-16-13(2,3)17-9-12/h4-7,10,12,15H,8-9H2,1-3H3/t10-/m0/s1. The monoisotopic (exact) mass is 236 g/mol. The molecule has 0 amide bonds. The lowest BCUT2D eigenvalue weighted by Gasteiger charge is -2.36. The van der Waals surface area contributed by atoms with Crippen molar-refractivity contribution >= 4 is 0 Å². The molecule has 1 aliphatic rings. The lowest BCUT2D eigenvalue weighted by molar-refractivity contribution is -0.253. The van der Waals surface area contributed by atoms with E-state index in [1.807, 2.05) is 38.4 Å². The quantitative estimate of drug-likeness (QED) is 0.870. The van der Waals surface area contributed by atoms with Crippen molar-refractivity contribution in [3.8, 4) is 0 Å². The van der Waals surface area contributed by atoms with Gasteiger partial charge in [-0.2, -0.15) is 0 Å². The Balaban J connectivity index is 1.86. The molecule has 4 heteroatoms. The highest BCUT2D eigenvalue weighted by atomic mass is 16.7. The Morgan fingerprint density at radius 3 is 2.47 bits per heavy atom. The molecule has 94 valence electrons. The number of nitrogens with zero attached hydrogens (tertiary/aromatic N) is 1. The van der Waals surface area contributed by atoms with Gasteiger partial charge in [0.05, 0.1) is 19.3 Å². The van der Waals surface area contributed by atoms with Gasteiger partial charge in [0.15, 0.2) is 5.79 Å². The number of hydrogen-bond acceptors (Lipinski definition) is 4. The molecule has 0 saturated carbocycles. The Labute approximate surface area is 102 Å². The van der Waals surface area contributed by atoms with Crippen molar-refractivity contribution in [1.82, 2.24) is 10.3 Å². The normalized spacial score (nSPS) is 22.3. The second kappa shape index (κ2) is 5.12. The van der Waals surface area contributed by atoms with Gasteiger partial charge < -0.3 is 14.8 Å². The Kier molecular flexibility index (Phi) is 3.76. The van der Waals surface area contributed by atoms with Gasteiger partial charge in [0.2, 0.25) is 0 Å². The van der Waals surface area contributed by atoms with Crippen molar-refractivity contribution < 1.29 is 9.47 Å². The minimum absolute atomic E-state index is 0.242. The molecule has 0 bridgehead atoms. The molecule has 4 nitrogen and oxygen atoms in total. The van der Waals surface area contributed by atoms with Crippen molar-refractivity contribution in [2.24, 2.45) is 0 Å². The predicted octanol–water partition coefficient (Wildman–Crippen LogP) is 1.88. The summed E-state index contributed by atoms with van der Waals surface area (Å²) in [5.41, 5.74) is 1.23. The first-order chi connectivity index (χ1) is 8.07. The number of ether oxygens (including phenoxy) is 2. The van der Waals surface area contributed by atoms with Gasteiger partial charge in [-0.1, -0.05) is 0 Å². The Morgan fingerprint density at radius 2 is 1.88 bits per heavy atom. The molecule has 1 saturated heterocycles. The lowest BCUT2D eigenvalue weighted by Crippen LogP contribution is -2.49. The van der Waals surface area contributed by atoms with E-state index in [1.54, 1.807) is 0 Å². The predicted molar refractivity (Wildman–Crippen MR) is 65.6 cm³/mol. The number of aromatic nitrogens is 1. The number of rotatable bonds is 3. The van der Waals surface area contributed by atoms with Gasteiger partial charge in [0.1, 0.15) is 0 Å². The van der Waals surface area contributed by atoms with Crippen LogP contribution in [0.5, 0.6) is 0 Å². The molecular formula is C13H20N2O2. The van der Waals surface area contributed by atoms with Crippen LogP contribution in [0.3, 0.4) is 0 Å². The van der Waals surface area contributed by atoms with Crippen LogP contribution in [0, 0.1) is 0 Å². The highest BCUT2D eigenvalue weighted by molar-refractivity contribution is 5.14. The molecule has 2 heterocycles. The molecule has 0 radical (unpaired) electrons. The summed E-state index contributed by atoms with van der Waals surface area (Å²) in [6.07, 6.45) is 3.62. The fourth-order valence-electron chi connectivity index (χ4n) is 1.89. The van der Waals surface area contributed by atoms with Gasteiger partial charge in [-0.15, -0.1) is 0 Å². The maximum atomic E-state index is 5.62. The molecule has 0 aliphatic carbocycles. The first kappa shape index (κ1) is 12.5. The minimum Gasteiger partial charge on any atom is -0.349 e. The van der Waals surface area contributed by atoms with E-state index in [0.717, 1.165) is 0 Å². The summed E-state index contributed by atoms with van der Waals surface area (Å²) in [5.74, 6) is -0.446. The average Bonchev–Trinajstić information content (AvgIpc) is 2.33. The zero-order chi connectivity index (χ0) is 12.3. The van der Waals surface area contributed by atoms with Crippen molar-refractivity contribution in [2.75, 3.05) is 13.2 Å². The van der Waals surface area contributed by atoms with E-state index in [4.69, 9.17) is 9.47 Å². The van der Waals surface area contributed by atoms with Crippen LogP contribution in [0.15, 0.2) is 24.5 Å². The van der Waals surface area contributed by atoms with Crippen molar-refractivity contribution in [3.05, 3.63) is 30.1 Å². The van der Waals surface area contributed by atoms with Crippen molar-refractivity contribution in [2.45, 2.75) is 38.6 Å². The summed E-state index contributed by atoms with van der Waals surface area (Å²) in [6.45, 7) is 7.38. The Morgan fingerprint density at radius 1 is 1.29 bits per heavy atom. The van der Waals surface area contributed by atoms with Crippen LogP contribution in [0.4, 0.5) is 0 Å². The molecule has 1 aromatic rings. The van der Waals surface area contributed by atoms with Crippen molar-refractivity contribution in [3.63, 3.8) is 0 Å². The number of nitrogens with one attached hydrogen (secondary N) is 1. The first-order valence-electron chi connectivity index (χ1n) is 6.01. The summed E-state index contributed by atoms with van der Waals surface area (Å²) in [5, 5.41) is 3.50. The molecule has 1 atom stereocenters. The molecular weight excluding hydrogens is 216 g/mol. The fourth-order valence-corrected chi connectivity index (χ4v) is 1.89. The van der Waals surface area contributed by atoms with Crippen LogP contribution >= 0.6 is 0 Å². The SMILES string of the molecule is C[C@H](NC1COC(C)(C)OC1)c1ccncc1. The van der Waals surface area contributed by atoms with Gasteiger partial charge in [-0.05, 0) is 38.5 Å². The summed E-state index contributed by atoms with van der Waals surface area (Å²) in [7, 11) is 0. The third kappa shape index (κ3) is 3.49. The summed E-state index contributed by atoms with van der Waals surface area (Å²) in [4.78, 5) is 4.02. The van der Waals surface area contributed by atoms with E-state index < -0.39 is 5.79 Å². The molecule has 0 unspecified atom stereocenters. The van der Waals surface area contributed by atoms with Crippen LogP contribution < -0.4 is 5.32 Å². The van der Waals surface area contributed by atoms with Gasteiger partial charge in [-0.3, -0.25) is 4.98 Å². The zero-order valence-electron chi connectivity index (χ0n) is 10.6. The smallest absolute Gasteiger partial charge is 0.162 e. The molecule has 1 N–H and O–H groups in total. The topological polar surface area (TPSA) is 43.4 Å². The van der Waals surface area contributed by atoms with Crippen LogP contribution in [0.2, 0.25) is 0 Å². The van der Waals surface area contributed by atoms with Crippen LogP contribution in [0.1, 0.15) is 32.4 Å². The van der Waals surface area contributed by atoms with E-state index in [-0.39, 0.29) is 12.1 Å². The molecule has 0 spiro atoms. The second-order valence-electron chi connectivity index (χ2n) is 4.89. The van der Waals surface area contributed by atoms with Crippen LogP contribution in [-0.2, 0) is 9.47 Å². The molecule has 1 fully saturated rings. The third-order valence-electron chi connectivity index (χ3n) is 2.96. The third-order valence-corrected chi connectivity index (χ3v) is 2.96. The minimum atomic E-state index is -0.446. The van der Waals surface area contributed by atoms with E-state index in [1.165, 1.54) is 5.56 Å². The molecule has 17 heavy (non-hydrogen) atoms. The van der Waals surface area contributed by atoms with Crippen LogP contribution in [-0.4, -0.2) is 30.0 Å². The second-order valence-corrected chi connectivity index (χ2v) is 4.89. The zero-order valence-corrected chi connectivity index (χ0v) is 10.6. The molecule has 1 aromatic heterocycles. The largest absolute Gasteiger partial charge is 0.349 e. The number of hydrogen-bond donors (Lipinski definition) is 1. The highest BCUT2D eigenvalue weighted by Gasteiger charge is 2.28. The molecule has 1 aliphatic heterocycles. The Hall–Kier alpha value is -0.970. The Bertz CT molecular complexity index is 344. The lowest BCUT2D eigenvalue weighted by atomic mass is 10.1. The maximum Gasteiger partial charge on any atom is 0.162 e. The summed E-state index contributed by atoms with van der Waals surface area (Å²) in [6, 6.07) is 4.56. The van der Waals surface area contributed by atoms with Gasteiger partial charge >= 0.3 is 0 Å². The molecule has 2 rings (SSSR count). The van der Waals surface area contributed by atoms with Gasteiger partial charge in [0.25, 0.3) is 0 Å². The average molecular weight is 236 g/mol. The summed E-state index contributed by atoms with van der Waals surface area (Å²) >= 11 is 0. The highest BCUT2D eigenvalue weighted by Crippen LogP contribution is 2.19. The maximum absolute atomic E-state index is 5.62. The van der Waals surface area contributed by atoms with Crippen molar-refractivity contribution in [1.29, 1.82) is 0 Å². The van der Waals surface area contributed by atoms with E-state index >= 15 is 0 Å². The number of pyridine rings is 1. The van der Waals surface area contributed by atoms with Gasteiger partial charge in [0, 0.05) is 18.4 Å². The van der Waals surface area contributed by atoms with Crippen LogP contribution in [0.25, 0.3) is 0 Å². The fraction of sp³-hybridized carbons (Fsp3) is 0.615. The van der Waals surface area contributed by atoms with E-state index in [2.05, 4.69) is 17.2 Å². The summed E-state index contributed by atoms with van der Waals surface area (Å²) < 4.78 is 11.2. The van der Waals surface area contributed by atoms with E-state index in [9.17, 15) is 0 Å². The van der Waals surface area contributed by atoms with E-state index in [0.29, 0.717) is 13.2 Å². The van der Waals surface area contributed by atoms with Gasteiger partial charge in [-0.25, -0.2) is 0 Å². The first-order valence-corrected chi connectivity index (χ1v) is 6.01.